The molecule has 0 radical (unpaired) electrons. The van der Waals surface area contributed by atoms with Crippen LogP contribution in [0.25, 0.3) is 0 Å². The lowest BCUT2D eigenvalue weighted by Crippen LogP contribution is -2.55. The van der Waals surface area contributed by atoms with E-state index in [2.05, 4.69) is 29.8 Å². The molecule has 0 bridgehead atoms. The van der Waals surface area contributed by atoms with Crippen molar-refractivity contribution in [2.24, 2.45) is 11.8 Å². The predicted molar refractivity (Wildman–Crippen MR) is 196 cm³/mol. The van der Waals surface area contributed by atoms with Gasteiger partial charge in [0.05, 0.1) is 24.1 Å². The summed E-state index contributed by atoms with van der Waals surface area (Å²) >= 11 is 6.11. The summed E-state index contributed by atoms with van der Waals surface area (Å²) in [7, 11) is 1.71. The van der Waals surface area contributed by atoms with Crippen molar-refractivity contribution in [2.45, 2.75) is 78.0 Å². The number of nitrogens with zero attached hydrogens (tertiary/aromatic N) is 1. The number of rotatable bonds is 11. The maximum Gasteiger partial charge on any atom is 0.255 e. The summed E-state index contributed by atoms with van der Waals surface area (Å²) in [6, 6.07) is 17.9. The van der Waals surface area contributed by atoms with Crippen molar-refractivity contribution in [1.82, 2.24) is 20.9 Å². The minimum absolute atomic E-state index is 0.0556. The van der Waals surface area contributed by atoms with E-state index < -0.39 is 42.3 Å². The van der Waals surface area contributed by atoms with E-state index >= 15 is 0 Å². The van der Waals surface area contributed by atoms with Gasteiger partial charge in [0.1, 0.15) is 36.8 Å². The van der Waals surface area contributed by atoms with E-state index in [1.165, 1.54) is 0 Å². The molecule has 1 aliphatic heterocycles. The van der Waals surface area contributed by atoms with E-state index in [9.17, 15) is 19.2 Å². The molecule has 4 amide bonds. The molecule has 3 aromatic rings. The molecule has 4 atom stereocenters. The molecule has 0 saturated heterocycles. The Morgan fingerprint density at radius 2 is 1.61 bits per heavy atom. The number of amides is 4. The minimum atomic E-state index is -1.27. The van der Waals surface area contributed by atoms with Gasteiger partial charge in [-0.05, 0) is 74.1 Å². The zero-order chi connectivity index (χ0) is 37.1. The summed E-state index contributed by atoms with van der Waals surface area (Å²) in [5, 5.41) is 8.98. The van der Waals surface area contributed by atoms with E-state index in [0.29, 0.717) is 40.9 Å². The molecule has 274 valence electrons. The number of carbonyl (C=O) groups excluding carboxylic acids is 4. The van der Waals surface area contributed by atoms with Crippen LogP contribution in [0.4, 0.5) is 0 Å². The first kappa shape index (κ1) is 39.0. The number of nitrogens with one attached hydrogen (secondary N) is 3. The largest absolute Gasteiger partial charge is 0.491 e. The Bertz CT molecular complexity index is 1670. The molecular formula is C39H49ClN4O7. The van der Waals surface area contributed by atoms with Gasteiger partial charge in [0.25, 0.3) is 5.91 Å². The lowest BCUT2D eigenvalue weighted by Gasteiger charge is -2.33. The molecule has 0 aromatic heterocycles. The fraction of sp³-hybridized carbons (Fsp3) is 0.436. The highest BCUT2D eigenvalue weighted by Crippen LogP contribution is 2.32. The molecule has 11 nitrogen and oxygen atoms in total. The van der Waals surface area contributed by atoms with E-state index in [0.717, 1.165) is 0 Å². The third-order valence-electron chi connectivity index (χ3n) is 8.30. The van der Waals surface area contributed by atoms with Gasteiger partial charge in [-0.2, -0.15) is 0 Å². The van der Waals surface area contributed by atoms with E-state index in [4.69, 9.17) is 25.8 Å². The smallest absolute Gasteiger partial charge is 0.255 e. The highest BCUT2D eigenvalue weighted by Gasteiger charge is 2.33. The summed E-state index contributed by atoms with van der Waals surface area (Å²) in [4.78, 5) is 56.4. The van der Waals surface area contributed by atoms with Crippen LogP contribution < -0.4 is 30.2 Å². The van der Waals surface area contributed by atoms with E-state index in [1.54, 1.807) is 85.6 Å². The molecule has 0 fully saturated rings. The fourth-order valence-corrected chi connectivity index (χ4v) is 5.94. The first-order valence-corrected chi connectivity index (χ1v) is 17.7. The van der Waals surface area contributed by atoms with Crippen molar-refractivity contribution in [3.8, 4) is 23.0 Å². The Kier molecular flexibility index (Phi) is 14.1. The van der Waals surface area contributed by atoms with Gasteiger partial charge in [-0.25, -0.2) is 0 Å². The predicted octanol–water partition coefficient (Wildman–Crippen LogP) is 6.00. The van der Waals surface area contributed by atoms with E-state index in [1.807, 2.05) is 19.9 Å². The van der Waals surface area contributed by atoms with Crippen LogP contribution in [0.1, 0.15) is 64.2 Å². The molecular weight excluding hydrogens is 672 g/mol. The summed E-state index contributed by atoms with van der Waals surface area (Å²) < 4.78 is 18.2. The quantitative estimate of drug-likeness (QED) is 0.221. The minimum Gasteiger partial charge on any atom is -0.491 e. The maximum absolute atomic E-state index is 13.9. The van der Waals surface area contributed by atoms with Gasteiger partial charge in [0.15, 0.2) is 11.5 Å². The number of hydrogen-bond donors (Lipinski definition) is 3. The Hall–Kier alpha value is -4.77. The molecule has 0 saturated carbocycles. The second-order valence-electron chi connectivity index (χ2n) is 13.7. The second-order valence-corrected chi connectivity index (χ2v) is 14.2. The normalized spacial score (nSPS) is 19.3. The monoisotopic (exact) mass is 720 g/mol. The standard InChI is InChI=1S/C39H49ClN4O7/c1-24(2)18-28-23-50-33-15-8-7-14-30(33)37(46)43-31(21-36(45)42-32(19-25(3)4)39(48)44(28)6)38(47)41-26(5)22-49-34-16-9-10-17-35(34)51-29-13-11-12-27(40)20-29/h7-17,20,24-26,28,31-32H,18-19,21-23H2,1-6H3,(H,41,47)(H,42,45)(H,43,46)/t26-,28+,31+,32+/m1/s1. The second kappa shape index (κ2) is 18.5. The number of likely N-dealkylation sites (N-methyl/N-ethyl adjacent to an activating group) is 1. The topological polar surface area (TPSA) is 135 Å². The number of benzene rings is 3. The summed E-state index contributed by atoms with van der Waals surface area (Å²) in [5.41, 5.74) is 0.204. The highest BCUT2D eigenvalue weighted by atomic mass is 35.5. The average molecular weight is 721 g/mol. The number of fused-ring (bicyclic) bond motifs is 1. The number of ether oxygens (including phenoxy) is 3. The van der Waals surface area contributed by atoms with Crippen LogP contribution in [0.2, 0.25) is 5.02 Å². The number of carbonyl (C=O) groups is 4. The molecule has 1 heterocycles. The Morgan fingerprint density at radius 1 is 0.922 bits per heavy atom. The van der Waals surface area contributed by atoms with Crippen molar-refractivity contribution in [3.63, 3.8) is 0 Å². The van der Waals surface area contributed by atoms with Crippen LogP contribution in [0.15, 0.2) is 72.8 Å². The van der Waals surface area contributed by atoms with Crippen molar-refractivity contribution in [2.75, 3.05) is 20.3 Å². The van der Waals surface area contributed by atoms with Crippen LogP contribution in [0.3, 0.4) is 0 Å². The van der Waals surface area contributed by atoms with Crippen LogP contribution in [0.5, 0.6) is 23.0 Å². The Labute approximate surface area is 305 Å². The maximum atomic E-state index is 13.9. The molecule has 3 aromatic carbocycles. The molecule has 12 heteroatoms. The molecule has 3 N–H and O–H groups in total. The van der Waals surface area contributed by atoms with Gasteiger partial charge in [-0.1, -0.05) is 69.6 Å². The zero-order valence-corrected chi connectivity index (χ0v) is 30.9. The fourth-order valence-electron chi connectivity index (χ4n) is 5.76. The van der Waals surface area contributed by atoms with Gasteiger partial charge >= 0.3 is 0 Å². The summed E-state index contributed by atoms with van der Waals surface area (Å²) in [6.07, 6.45) is 0.655. The molecule has 51 heavy (non-hydrogen) atoms. The molecule has 0 aliphatic carbocycles. The van der Waals surface area contributed by atoms with Gasteiger partial charge in [0, 0.05) is 12.1 Å². The van der Waals surface area contributed by atoms with Crippen molar-refractivity contribution < 1.29 is 33.4 Å². The van der Waals surface area contributed by atoms with E-state index in [-0.39, 0.29) is 42.6 Å². The summed E-state index contributed by atoms with van der Waals surface area (Å²) in [5.74, 6) is 0.154. The van der Waals surface area contributed by atoms with Gasteiger partial charge in [-0.3, -0.25) is 19.2 Å². The average Bonchev–Trinajstić information content (AvgIpc) is 3.07. The molecule has 0 unspecified atom stereocenters. The lowest BCUT2D eigenvalue weighted by atomic mass is 9.99. The first-order valence-electron chi connectivity index (χ1n) is 17.3. The van der Waals surface area contributed by atoms with Crippen LogP contribution >= 0.6 is 11.6 Å². The lowest BCUT2D eigenvalue weighted by molar-refractivity contribution is -0.138. The van der Waals surface area contributed by atoms with Gasteiger partial charge in [-0.15, -0.1) is 0 Å². The summed E-state index contributed by atoms with van der Waals surface area (Å²) in [6.45, 7) is 10.0. The van der Waals surface area contributed by atoms with Gasteiger partial charge in [0.2, 0.25) is 17.7 Å². The third-order valence-corrected chi connectivity index (χ3v) is 8.54. The number of halogens is 1. The van der Waals surface area contributed by atoms with Crippen molar-refractivity contribution >= 4 is 35.2 Å². The third kappa shape index (κ3) is 11.6. The van der Waals surface area contributed by atoms with Crippen molar-refractivity contribution in [1.29, 1.82) is 0 Å². The molecule has 1 aliphatic rings. The highest BCUT2D eigenvalue weighted by molar-refractivity contribution is 6.30. The Balaban J connectivity index is 1.53. The Morgan fingerprint density at radius 3 is 2.31 bits per heavy atom. The van der Waals surface area contributed by atoms with Crippen LogP contribution in [0, 0.1) is 11.8 Å². The van der Waals surface area contributed by atoms with Crippen LogP contribution in [-0.2, 0) is 14.4 Å². The molecule has 0 spiro atoms. The zero-order valence-electron chi connectivity index (χ0n) is 30.1. The molecule has 4 rings (SSSR count). The van der Waals surface area contributed by atoms with Crippen LogP contribution in [-0.4, -0.2) is 73.0 Å². The number of para-hydroxylation sites is 3. The SMILES string of the molecule is CC(C)C[C@H]1COc2ccccc2C(=O)N[C@H](C(=O)N[C@H](C)COc2ccccc2Oc2cccc(Cl)c2)CC(=O)N[C@@H](CC(C)C)C(=O)N1C. The first-order chi connectivity index (χ1) is 24.3. The number of hydrogen-bond acceptors (Lipinski definition) is 7. The van der Waals surface area contributed by atoms with Crippen molar-refractivity contribution in [3.05, 3.63) is 83.4 Å². The van der Waals surface area contributed by atoms with Gasteiger partial charge < -0.3 is 35.1 Å².